The van der Waals surface area contributed by atoms with E-state index in [1.807, 2.05) is 35.7 Å². The summed E-state index contributed by atoms with van der Waals surface area (Å²) in [6.07, 6.45) is 5.69. The highest BCUT2D eigenvalue weighted by Gasteiger charge is 2.17. The van der Waals surface area contributed by atoms with Gasteiger partial charge in [-0.25, -0.2) is 4.79 Å². The van der Waals surface area contributed by atoms with Crippen molar-refractivity contribution in [3.8, 4) is 0 Å². The Kier molecular flexibility index (Phi) is 6.08. The van der Waals surface area contributed by atoms with Gasteiger partial charge in [0.25, 0.3) is 0 Å². The van der Waals surface area contributed by atoms with E-state index in [0.717, 1.165) is 47.0 Å². The molecule has 0 saturated heterocycles. The molecule has 1 aromatic heterocycles. The van der Waals surface area contributed by atoms with Gasteiger partial charge in [-0.15, -0.1) is 11.3 Å². The quantitative estimate of drug-likeness (QED) is 0.779. The van der Waals surface area contributed by atoms with Gasteiger partial charge in [-0.2, -0.15) is 0 Å². The number of thiophene rings is 1. The average Bonchev–Trinajstić information content (AvgIpc) is 3.05. The Hall–Kier alpha value is -1.88. The zero-order valence-electron chi connectivity index (χ0n) is 13.8. The number of carboxylic acid groups (broad SMARTS) is 1. The van der Waals surface area contributed by atoms with Gasteiger partial charge in [0.2, 0.25) is 0 Å². The normalized spacial score (nSPS) is 15.9. The molecule has 3 nitrogen and oxygen atoms in total. The Morgan fingerprint density at radius 1 is 1.28 bits per heavy atom. The van der Waals surface area contributed by atoms with Crippen molar-refractivity contribution in [2.45, 2.75) is 12.8 Å². The second-order valence-electron chi connectivity index (χ2n) is 5.97. The van der Waals surface area contributed by atoms with E-state index in [1.54, 1.807) is 11.3 Å². The minimum Gasteiger partial charge on any atom is -0.478 e. The van der Waals surface area contributed by atoms with E-state index in [-0.39, 0.29) is 0 Å². The monoisotopic (exact) mass is 373 g/mol. The van der Waals surface area contributed by atoms with Crippen LogP contribution in [-0.4, -0.2) is 35.6 Å². The number of aliphatic carboxylic acids is 1. The number of halogens is 1. The Morgan fingerprint density at radius 3 is 2.76 bits per heavy atom. The van der Waals surface area contributed by atoms with Gasteiger partial charge in [0.05, 0.1) is 9.90 Å². The fraction of sp³-hybridized carbons (Fsp3) is 0.250. The van der Waals surface area contributed by atoms with Crippen molar-refractivity contribution >= 4 is 34.5 Å². The van der Waals surface area contributed by atoms with Crippen LogP contribution in [0.3, 0.4) is 0 Å². The van der Waals surface area contributed by atoms with Crippen molar-refractivity contribution in [3.63, 3.8) is 0 Å². The molecule has 0 atom stereocenters. The number of hydrogen-bond acceptors (Lipinski definition) is 3. The standard InChI is InChI=1S/C20H20ClNO2S/c21-18-10-13-25-19(18)17(15-6-2-1-3-7-15)9-5-12-22-11-4-8-16(14-22)20(23)24/h1-3,6-10,13H,4-5,11-12,14H2,(H,23,24). The molecule has 1 aromatic carbocycles. The minimum atomic E-state index is -0.810. The first-order valence-electron chi connectivity index (χ1n) is 8.29. The van der Waals surface area contributed by atoms with Crippen LogP contribution in [0.5, 0.6) is 0 Å². The maximum absolute atomic E-state index is 11.1. The predicted molar refractivity (Wildman–Crippen MR) is 104 cm³/mol. The highest BCUT2D eigenvalue weighted by atomic mass is 35.5. The van der Waals surface area contributed by atoms with E-state index in [2.05, 4.69) is 23.1 Å². The van der Waals surface area contributed by atoms with Gasteiger partial charge in [0.1, 0.15) is 0 Å². The summed E-state index contributed by atoms with van der Waals surface area (Å²) in [6.45, 7) is 2.26. The molecule has 0 fully saturated rings. The highest BCUT2D eigenvalue weighted by Crippen LogP contribution is 2.34. The molecular weight excluding hydrogens is 354 g/mol. The van der Waals surface area contributed by atoms with Crippen LogP contribution in [0.2, 0.25) is 5.02 Å². The van der Waals surface area contributed by atoms with Crippen LogP contribution in [0.4, 0.5) is 0 Å². The highest BCUT2D eigenvalue weighted by molar-refractivity contribution is 7.11. The number of carbonyl (C=O) groups is 1. The average molecular weight is 374 g/mol. The lowest BCUT2D eigenvalue weighted by Gasteiger charge is -2.25. The van der Waals surface area contributed by atoms with E-state index in [1.165, 1.54) is 0 Å². The van der Waals surface area contributed by atoms with Crippen LogP contribution in [0.15, 0.2) is 59.5 Å². The second kappa shape index (κ2) is 8.48. The summed E-state index contributed by atoms with van der Waals surface area (Å²) in [5.74, 6) is -0.810. The number of carboxylic acids is 1. The molecule has 130 valence electrons. The molecule has 0 unspecified atom stereocenters. The maximum atomic E-state index is 11.1. The van der Waals surface area contributed by atoms with Gasteiger partial charge >= 0.3 is 5.97 Å². The van der Waals surface area contributed by atoms with Gasteiger partial charge in [0, 0.05) is 25.2 Å². The van der Waals surface area contributed by atoms with Crippen LogP contribution < -0.4 is 0 Å². The number of benzene rings is 1. The molecule has 1 aliphatic heterocycles. The molecule has 1 aliphatic rings. The van der Waals surface area contributed by atoms with Crippen molar-refractivity contribution < 1.29 is 9.90 Å². The first-order valence-corrected chi connectivity index (χ1v) is 9.54. The lowest BCUT2D eigenvalue weighted by atomic mass is 10.0. The van der Waals surface area contributed by atoms with Gasteiger partial charge in [-0.3, -0.25) is 4.90 Å². The molecule has 0 saturated carbocycles. The van der Waals surface area contributed by atoms with E-state index in [9.17, 15) is 4.79 Å². The first kappa shape index (κ1) is 17.9. The Bertz CT molecular complexity index is 795. The van der Waals surface area contributed by atoms with Crippen molar-refractivity contribution in [3.05, 3.63) is 75.0 Å². The summed E-state index contributed by atoms with van der Waals surface area (Å²) in [7, 11) is 0. The molecule has 25 heavy (non-hydrogen) atoms. The smallest absolute Gasteiger partial charge is 0.332 e. The van der Waals surface area contributed by atoms with Crippen molar-refractivity contribution in [1.29, 1.82) is 0 Å². The molecule has 2 aromatic rings. The van der Waals surface area contributed by atoms with Gasteiger partial charge in [-0.05, 0) is 35.4 Å². The molecule has 0 amide bonds. The molecule has 5 heteroatoms. The Balaban J connectivity index is 1.73. The third-order valence-corrected chi connectivity index (χ3v) is 5.62. The molecule has 0 radical (unpaired) electrons. The molecule has 0 bridgehead atoms. The maximum Gasteiger partial charge on any atom is 0.332 e. The molecular formula is C20H20ClNO2S. The number of rotatable bonds is 6. The van der Waals surface area contributed by atoms with Crippen LogP contribution >= 0.6 is 22.9 Å². The second-order valence-corrected chi connectivity index (χ2v) is 7.29. The van der Waals surface area contributed by atoms with Crippen LogP contribution in [0.1, 0.15) is 23.3 Å². The van der Waals surface area contributed by atoms with Crippen LogP contribution in [-0.2, 0) is 4.79 Å². The first-order chi connectivity index (χ1) is 12.1. The molecule has 2 heterocycles. The number of hydrogen-bond donors (Lipinski definition) is 1. The van der Waals surface area contributed by atoms with E-state index in [0.29, 0.717) is 12.1 Å². The van der Waals surface area contributed by atoms with E-state index >= 15 is 0 Å². The molecule has 0 aliphatic carbocycles. The fourth-order valence-electron chi connectivity index (χ4n) is 2.99. The number of nitrogens with zero attached hydrogens (tertiary/aromatic N) is 1. The lowest BCUT2D eigenvalue weighted by molar-refractivity contribution is -0.133. The zero-order chi connectivity index (χ0) is 17.6. The SMILES string of the molecule is O=C(O)C1=CCCN(CCC=C(c2ccccc2)c2sccc2Cl)C1. The lowest BCUT2D eigenvalue weighted by Crippen LogP contribution is -2.32. The van der Waals surface area contributed by atoms with Crippen LogP contribution in [0.25, 0.3) is 5.57 Å². The molecule has 1 N–H and O–H groups in total. The van der Waals surface area contributed by atoms with Crippen molar-refractivity contribution in [2.24, 2.45) is 0 Å². The summed E-state index contributed by atoms with van der Waals surface area (Å²) in [6, 6.07) is 12.2. The summed E-state index contributed by atoms with van der Waals surface area (Å²) >= 11 is 7.99. The Labute approximate surface area is 156 Å². The van der Waals surface area contributed by atoms with Gasteiger partial charge in [0.15, 0.2) is 0 Å². The summed E-state index contributed by atoms with van der Waals surface area (Å²) in [4.78, 5) is 14.4. The summed E-state index contributed by atoms with van der Waals surface area (Å²) < 4.78 is 0. The minimum absolute atomic E-state index is 0.500. The molecule has 0 spiro atoms. The molecule has 3 rings (SSSR count). The summed E-state index contributed by atoms with van der Waals surface area (Å²) in [5.41, 5.74) is 2.79. The van der Waals surface area contributed by atoms with Crippen LogP contribution in [0, 0.1) is 0 Å². The van der Waals surface area contributed by atoms with Gasteiger partial charge < -0.3 is 5.11 Å². The van der Waals surface area contributed by atoms with E-state index < -0.39 is 5.97 Å². The zero-order valence-corrected chi connectivity index (χ0v) is 15.4. The Morgan fingerprint density at radius 2 is 2.08 bits per heavy atom. The van der Waals surface area contributed by atoms with Crippen molar-refractivity contribution in [1.82, 2.24) is 4.90 Å². The summed E-state index contributed by atoms with van der Waals surface area (Å²) in [5, 5.41) is 11.9. The van der Waals surface area contributed by atoms with Gasteiger partial charge in [-0.1, -0.05) is 54.1 Å². The third kappa shape index (κ3) is 4.60. The van der Waals surface area contributed by atoms with E-state index in [4.69, 9.17) is 16.7 Å². The fourth-order valence-corrected chi connectivity index (χ4v) is 4.21. The topological polar surface area (TPSA) is 40.5 Å². The predicted octanol–water partition coefficient (Wildman–Crippen LogP) is 4.94. The third-order valence-electron chi connectivity index (χ3n) is 4.25. The largest absolute Gasteiger partial charge is 0.478 e. The van der Waals surface area contributed by atoms with Crippen molar-refractivity contribution in [2.75, 3.05) is 19.6 Å².